The molecule has 5 nitrogen and oxygen atoms in total. The van der Waals surface area contributed by atoms with E-state index in [0.29, 0.717) is 0 Å². The molecule has 0 aliphatic carbocycles. The van der Waals surface area contributed by atoms with Crippen LogP contribution in [0.5, 0.6) is 0 Å². The Kier molecular flexibility index (Phi) is 4.59. The quantitative estimate of drug-likeness (QED) is 0.584. The summed E-state index contributed by atoms with van der Waals surface area (Å²) in [6.45, 7) is 0.247. The van der Waals surface area contributed by atoms with E-state index in [0.717, 1.165) is 7.40 Å². The van der Waals surface area contributed by atoms with Crippen LogP contribution in [0.2, 0.25) is 0 Å². The van der Waals surface area contributed by atoms with Crippen molar-refractivity contribution in [2.75, 3.05) is 6.54 Å². The minimum atomic E-state index is -0.182. The average molecular weight is 416 g/mol. The van der Waals surface area contributed by atoms with Gasteiger partial charge in [0.15, 0.2) is 0 Å². The number of carbonyl (C=O) groups excluding carboxylic acids is 1. The first kappa shape index (κ1) is 11.7. The number of hydrogen-bond donors (Lipinski definition) is 1. The highest BCUT2D eigenvalue weighted by atomic mass is 127. The Hall–Kier alpha value is -0.370. The Morgan fingerprint density at radius 3 is 2.93 bits per heavy atom. The zero-order chi connectivity index (χ0) is 10.6. The van der Waals surface area contributed by atoms with Gasteiger partial charge < -0.3 is 9.88 Å². The van der Waals surface area contributed by atoms with Crippen LogP contribution in [0, 0.1) is 18.7 Å². The van der Waals surface area contributed by atoms with Crippen molar-refractivity contribution in [2.24, 2.45) is 0 Å². The first-order valence-electron chi connectivity index (χ1n) is 3.65. The van der Waals surface area contributed by atoms with Crippen molar-refractivity contribution in [1.29, 1.82) is 5.26 Å². The second kappa shape index (κ2) is 5.50. The van der Waals surface area contributed by atoms with Crippen LogP contribution >= 0.6 is 45.2 Å². The lowest BCUT2D eigenvalue weighted by Gasteiger charge is -2.02. The van der Waals surface area contributed by atoms with E-state index in [1.165, 1.54) is 0 Å². The molecule has 0 unspecified atom stereocenters. The molecule has 0 bridgehead atoms. The molecule has 14 heavy (non-hydrogen) atoms. The minimum absolute atomic E-state index is 0.0429. The minimum Gasteiger partial charge on any atom is -0.341 e. The predicted molar refractivity (Wildman–Crippen MR) is 66.3 cm³/mol. The third-order valence-electron chi connectivity index (χ3n) is 1.41. The Morgan fingerprint density at radius 2 is 2.43 bits per heavy atom. The predicted octanol–water partition coefficient (Wildman–Crippen LogP) is 0.732. The number of imidazole rings is 1. The summed E-state index contributed by atoms with van der Waals surface area (Å²) in [4.78, 5) is 15.3. The van der Waals surface area contributed by atoms with Gasteiger partial charge in [0.05, 0.1) is 12.4 Å². The molecule has 1 heterocycles. The Bertz CT molecular complexity index is 382. The van der Waals surface area contributed by atoms with Crippen LogP contribution in [0.3, 0.4) is 0 Å². The zero-order valence-electron chi connectivity index (χ0n) is 7.00. The average Bonchev–Trinajstić information content (AvgIpc) is 2.46. The molecule has 0 atom stereocenters. The smallest absolute Gasteiger partial charge is 0.240 e. The second-order valence-electron chi connectivity index (χ2n) is 2.39. The van der Waals surface area contributed by atoms with Crippen molar-refractivity contribution in [1.82, 2.24) is 14.9 Å². The van der Waals surface area contributed by atoms with E-state index >= 15 is 0 Å². The van der Waals surface area contributed by atoms with Crippen LogP contribution in [-0.2, 0) is 11.3 Å². The van der Waals surface area contributed by atoms with Crippen LogP contribution in [-0.4, -0.2) is 22.0 Å². The van der Waals surface area contributed by atoms with Crippen LogP contribution in [0.25, 0.3) is 0 Å². The molecular formula is C7H6I2N4O. The first-order chi connectivity index (χ1) is 6.65. The molecule has 0 aromatic carbocycles. The summed E-state index contributed by atoms with van der Waals surface area (Å²) in [6.07, 6.45) is 1.61. The molecule has 7 heteroatoms. The molecule has 0 radical (unpaired) electrons. The number of nitriles is 1. The van der Waals surface area contributed by atoms with Crippen molar-refractivity contribution in [3.05, 3.63) is 13.7 Å². The number of aromatic nitrogens is 2. The highest BCUT2D eigenvalue weighted by Crippen LogP contribution is 2.12. The van der Waals surface area contributed by atoms with E-state index in [1.54, 1.807) is 10.9 Å². The fourth-order valence-electron chi connectivity index (χ4n) is 0.802. The Balaban J connectivity index is 2.57. The van der Waals surface area contributed by atoms with E-state index in [4.69, 9.17) is 5.26 Å². The summed E-state index contributed by atoms with van der Waals surface area (Å²) in [5.74, 6) is -0.182. The summed E-state index contributed by atoms with van der Waals surface area (Å²) in [7, 11) is 0. The maximum Gasteiger partial charge on any atom is 0.240 e. The normalized spacial score (nSPS) is 9.50. The van der Waals surface area contributed by atoms with Gasteiger partial charge in [0, 0.05) is 0 Å². The SMILES string of the molecule is N#CCNC(=O)Cn1cnc(I)c1I. The molecule has 74 valence electrons. The highest BCUT2D eigenvalue weighted by molar-refractivity contribution is 14.1. The fraction of sp³-hybridized carbons (Fsp3) is 0.286. The van der Waals surface area contributed by atoms with Crippen molar-refractivity contribution in [3.63, 3.8) is 0 Å². The molecule has 1 aromatic rings. The number of nitrogens with one attached hydrogen (secondary N) is 1. The number of carbonyl (C=O) groups is 1. The molecule has 0 saturated heterocycles. The molecule has 0 aliphatic rings. The van der Waals surface area contributed by atoms with Gasteiger partial charge in [-0.25, -0.2) is 4.98 Å². The number of rotatable bonds is 3. The zero-order valence-corrected chi connectivity index (χ0v) is 11.3. The van der Waals surface area contributed by atoms with Gasteiger partial charge in [-0.15, -0.1) is 0 Å². The summed E-state index contributed by atoms with van der Waals surface area (Å²) < 4.78 is 3.53. The standard InChI is InChI=1S/C7H6I2N4O/c8-6-7(9)13(4-12-6)3-5(14)11-2-1-10/h4H,2-3H2,(H,11,14). The third-order valence-corrected chi connectivity index (χ3v) is 4.36. The van der Waals surface area contributed by atoms with Crippen LogP contribution < -0.4 is 5.32 Å². The van der Waals surface area contributed by atoms with Gasteiger partial charge in [0.1, 0.15) is 20.5 Å². The van der Waals surface area contributed by atoms with E-state index in [2.05, 4.69) is 55.5 Å². The monoisotopic (exact) mass is 416 g/mol. The second-order valence-corrected chi connectivity index (χ2v) is 4.43. The van der Waals surface area contributed by atoms with Crippen molar-refractivity contribution < 1.29 is 4.79 Å². The Morgan fingerprint density at radius 1 is 1.71 bits per heavy atom. The third kappa shape index (κ3) is 3.09. The molecular weight excluding hydrogens is 410 g/mol. The van der Waals surface area contributed by atoms with Crippen LogP contribution in [0.1, 0.15) is 0 Å². The molecule has 0 fully saturated rings. The Labute approximate surface area is 108 Å². The largest absolute Gasteiger partial charge is 0.341 e. The number of hydrogen-bond acceptors (Lipinski definition) is 3. The summed E-state index contributed by atoms with van der Waals surface area (Å²) in [5, 5.41) is 10.7. The van der Waals surface area contributed by atoms with Crippen LogP contribution in [0.15, 0.2) is 6.33 Å². The molecule has 1 aromatic heterocycles. The molecule has 0 saturated carbocycles. The van der Waals surface area contributed by atoms with Gasteiger partial charge in [0.2, 0.25) is 5.91 Å². The fourth-order valence-corrected chi connectivity index (χ4v) is 1.67. The molecule has 1 N–H and O–H groups in total. The number of halogens is 2. The van der Waals surface area contributed by atoms with E-state index < -0.39 is 0 Å². The van der Waals surface area contributed by atoms with Gasteiger partial charge in [-0.2, -0.15) is 5.26 Å². The van der Waals surface area contributed by atoms with Crippen molar-refractivity contribution in [3.8, 4) is 6.07 Å². The van der Waals surface area contributed by atoms with Crippen LogP contribution in [0.4, 0.5) is 0 Å². The molecule has 1 rings (SSSR count). The van der Waals surface area contributed by atoms with E-state index in [1.807, 2.05) is 6.07 Å². The first-order valence-corrected chi connectivity index (χ1v) is 5.80. The topological polar surface area (TPSA) is 70.7 Å². The number of nitrogens with zero attached hydrogens (tertiary/aromatic N) is 3. The van der Waals surface area contributed by atoms with Crippen molar-refractivity contribution >= 4 is 51.1 Å². The van der Waals surface area contributed by atoms with Crippen molar-refractivity contribution in [2.45, 2.75) is 6.54 Å². The maximum atomic E-state index is 11.2. The van der Waals surface area contributed by atoms with E-state index in [9.17, 15) is 4.79 Å². The van der Waals surface area contributed by atoms with Gasteiger partial charge >= 0.3 is 0 Å². The lowest BCUT2D eigenvalue weighted by atomic mass is 10.5. The lowest BCUT2D eigenvalue weighted by Crippen LogP contribution is -2.27. The molecule has 1 amide bonds. The summed E-state index contributed by atoms with van der Waals surface area (Å²) in [6, 6.07) is 1.84. The van der Waals surface area contributed by atoms with Gasteiger partial charge in [-0.05, 0) is 45.2 Å². The number of amides is 1. The highest BCUT2D eigenvalue weighted by Gasteiger charge is 2.08. The maximum absolute atomic E-state index is 11.2. The van der Waals surface area contributed by atoms with Gasteiger partial charge in [0.25, 0.3) is 0 Å². The van der Waals surface area contributed by atoms with Gasteiger partial charge in [-0.3, -0.25) is 4.79 Å². The molecule has 0 aliphatic heterocycles. The van der Waals surface area contributed by atoms with E-state index in [-0.39, 0.29) is 19.0 Å². The van der Waals surface area contributed by atoms with Gasteiger partial charge in [-0.1, -0.05) is 0 Å². The lowest BCUT2D eigenvalue weighted by molar-refractivity contribution is -0.121. The summed E-state index contributed by atoms with van der Waals surface area (Å²) in [5.41, 5.74) is 0. The summed E-state index contributed by atoms with van der Waals surface area (Å²) >= 11 is 4.22. The molecule has 0 spiro atoms.